The molecule has 216 valence electrons. The van der Waals surface area contributed by atoms with Gasteiger partial charge in [0.15, 0.2) is 0 Å². The van der Waals surface area contributed by atoms with Crippen molar-refractivity contribution in [3.8, 4) is 0 Å². The molecule has 1 N–H and O–H groups in total. The smallest absolute Gasteiger partial charge is 0.320 e. The van der Waals surface area contributed by atoms with Crippen molar-refractivity contribution in [1.82, 2.24) is 10.2 Å². The molecule has 40 heavy (non-hydrogen) atoms. The highest BCUT2D eigenvalue weighted by molar-refractivity contribution is 5.92. The van der Waals surface area contributed by atoms with Gasteiger partial charge in [-0.25, -0.2) is 0 Å². The number of benzene rings is 1. The Morgan fingerprint density at radius 1 is 1.18 bits per heavy atom. The lowest BCUT2D eigenvalue weighted by molar-refractivity contribution is -0.178. The van der Waals surface area contributed by atoms with Crippen LogP contribution < -0.4 is 5.32 Å². The molecule has 2 aliphatic rings. The predicted molar refractivity (Wildman–Crippen MR) is 147 cm³/mol. The molecule has 2 aliphatic heterocycles. The summed E-state index contributed by atoms with van der Waals surface area (Å²) in [6, 6.07) is 13.3. The van der Waals surface area contributed by atoms with E-state index in [-0.39, 0.29) is 37.8 Å². The fraction of sp³-hybridized carbons (Fsp3) is 0.516. The van der Waals surface area contributed by atoms with Gasteiger partial charge < -0.3 is 28.8 Å². The van der Waals surface area contributed by atoms with Crippen LogP contribution in [0.15, 0.2) is 64.9 Å². The summed E-state index contributed by atoms with van der Waals surface area (Å²) >= 11 is 0. The van der Waals surface area contributed by atoms with Gasteiger partial charge in [-0.05, 0) is 49.5 Å². The van der Waals surface area contributed by atoms with Crippen molar-refractivity contribution in [2.45, 2.75) is 65.4 Å². The minimum absolute atomic E-state index is 0.0338. The monoisotopic (exact) mass is 552 g/mol. The second-order valence-electron chi connectivity index (χ2n) is 11.0. The topological polar surface area (TPSA) is 107 Å². The van der Waals surface area contributed by atoms with Crippen LogP contribution in [0.1, 0.15) is 51.4 Å². The summed E-state index contributed by atoms with van der Waals surface area (Å²) in [5.74, 6) is -0.689. The summed E-state index contributed by atoms with van der Waals surface area (Å²) in [6.07, 6.45) is 3.12. The number of furan rings is 1. The average molecular weight is 553 g/mol. The van der Waals surface area contributed by atoms with Gasteiger partial charge in [-0.2, -0.15) is 0 Å². The van der Waals surface area contributed by atoms with Gasteiger partial charge in [-0.3, -0.25) is 14.4 Å². The Kier molecular flexibility index (Phi) is 9.81. The zero-order valence-corrected chi connectivity index (χ0v) is 23.8. The van der Waals surface area contributed by atoms with Crippen molar-refractivity contribution in [2.24, 2.45) is 17.3 Å². The number of nitrogens with one attached hydrogen (secondary N) is 1. The van der Waals surface area contributed by atoms with Gasteiger partial charge in [0.1, 0.15) is 17.3 Å². The molecule has 0 radical (unpaired) electrons. The van der Waals surface area contributed by atoms with Crippen molar-refractivity contribution < 1.29 is 33.0 Å². The minimum atomic E-state index is -1.27. The molecule has 0 saturated carbocycles. The molecule has 0 aliphatic carbocycles. The first-order valence-corrected chi connectivity index (χ1v) is 13.9. The van der Waals surface area contributed by atoms with E-state index in [1.807, 2.05) is 37.3 Å². The number of piperidine rings is 1. The molecule has 1 aromatic heterocycles. The first-order valence-electron chi connectivity index (χ1n) is 13.9. The summed E-state index contributed by atoms with van der Waals surface area (Å²) in [5.41, 5.74) is 0.266. The molecule has 9 nitrogen and oxygen atoms in total. The molecule has 1 fully saturated rings. The fourth-order valence-electron chi connectivity index (χ4n) is 5.53. The maximum atomic E-state index is 13.9. The number of rotatable bonds is 12. The third-order valence-electron chi connectivity index (χ3n) is 7.66. The SMILES string of the molecule is COC(=O)[C@]12C[C@H](CC(=O)NCCC(C)C)C(=O)N(Cc3ccco3)C1=C[C@H](COCc1ccccc1)O[C@@H]2C. The van der Waals surface area contributed by atoms with Crippen molar-refractivity contribution in [2.75, 3.05) is 20.3 Å². The van der Waals surface area contributed by atoms with Crippen LogP contribution in [0.3, 0.4) is 0 Å². The van der Waals surface area contributed by atoms with E-state index in [0.717, 1.165) is 12.0 Å². The summed E-state index contributed by atoms with van der Waals surface area (Å²) < 4.78 is 23.1. The highest BCUT2D eigenvalue weighted by atomic mass is 16.6. The Labute approximate surface area is 235 Å². The Bertz CT molecular complexity index is 1180. The Morgan fingerprint density at radius 2 is 1.95 bits per heavy atom. The number of carbonyl (C=O) groups excluding carboxylic acids is 3. The van der Waals surface area contributed by atoms with Gasteiger partial charge >= 0.3 is 5.97 Å². The lowest BCUT2D eigenvalue weighted by Crippen LogP contribution is -2.60. The number of amides is 2. The quantitative estimate of drug-likeness (QED) is 0.393. The Hall–Kier alpha value is -3.43. The number of fused-ring (bicyclic) bond motifs is 1. The molecule has 0 unspecified atom stereocenters. The highest BCUT2D eigenvalue weighted by Crippen LogP contribution is 2.50. The van der Waals surface area contributed by atoms with Crippen LogP contribution in [0.4, 0.5) is 0 Å². The van der Waals surface area contributed by atoms with Crippen LogP contribution in [0.25, 0.3) is 0 Å². The third-order valence-corrected chi connectivity index (χ3v) is 7.66. The van der Waals surface area contributed by atoms with Crippen LogP contribution in [-0.4, -0.2) is 55.2 Å². The van der Waals surface area contributed by atoms with E-state index >= 15 is 0 Å². The Balaban J connectivity index is 1.62. The summed E-state index contributed by atoms with van der Waals surface area (Å²) in [7, 11) is 1.33. The van der Waals surface area contributed by atoms with Crippen LogP contribution >= 0.6 is 0 Å². The van der Waals surface area contributed by atoms with E-state index in [9.17, 15) is 14.4 Å². The molecule has 2 amide bonds. The van der Waals surface area contributed by atoms with E-state index in [1.54, 1.807) is 23.1 Å². The van der Waals surface area contributed by atoms with Crippen molar-refractivity contribution in [3.05, 3.63) is 71.8 Å². The molecular weight excluding hydrogens is 512 g/mol. The van der Waals surface area contributed by atoms with Gasteiger partial charge in [-0.15, -0.1) is 0 Å². The lowest BCUT2D eigenvalue weighted by atomic mass is 9.66. The van der Waals surface area contributed by atoms with Gasteiger partial charge in [0, 0.05) is 24.6 Å². The van der Waals surface area contributed by atoms with Gasteiger partial charge in [0.05, 0.1) is 39.2 Å². The molecule has 0 spiro atoms. The summed E-state index contributed by atoms with van der Waals surface area (Å²) in [4.78, 5) is 41.9. The number of hydrogen-bond acceptors (Lipinski definition) is 7. The number of methoxy groups -OCH3 is 1. The molecule has 1 aromatic carbocycles. The summed E-state index contributed by atoms with van der Waals surface area (Å²) in [6.45, 7) is 7.28. The fourth-order valence-corrected chi connectivity index (χ4v) is 5.53. The zero-order valence-electron chi connectivity index (χ0n) is 23.8. The standard InChI is InChI=1S/C31H40N2O7/c1-21(2)12-13-32-28(34)15-24-17-31(30(36)37-4)22(3)40-26(20-38-19-23-9-6-5-7-10-23)16-27(31)33(29(24)35)18-25-11-8-14-39-25/h5-11,14,16,21-22,24,26H,12-13,15,17-20H2,1-4H3,(H,32,34)/t22-,24+,26-,31+/m1/s1. The molecule has 2 aromatic rings. The van der Waals surface area contributed by atoms with E-state index in [4.69, 9.17) is 18.6 Å². The van der Waals surface area contributed by atoms with Crippen molar-refractivity contribution in [3.63, 3.8) is 0 Å². The van der Waals surface area contributed by atoms with Crippen LogP contribution in [0.2, 0.25) is 0 Å². The maximum absolute atomic E-state index is 13.9. The van der Waals surface area contributed by atoms with Crippen LogP contribution in [0.5, 0.6) is 0 Å². The average Bonchev–Trinajstić information content (AvgIpc) is 3.45. The van der Waals surface area contributed by atoms with Gasteiger partial charge in [0.25, 0.3) is 0 Å². The number of carbonyl (C=O) groups is 3. The van der Waals surface area contributed by atoms with Crippen molar-refractivity contribution in [1.29, 1.82) is 0 Å². The largest absolute Gasteiger partial charge is 0.468 e. The number of likely N-dealkylation sites (tertiary alicyclic amines) is 1. The summed E-state index contributed by atoms with van der Waals surface area (Å²) in [5, 5.41) is 2.92. The number of ether oxygens (including phenoxy) is 3. The van der Waals surface area contributed by atoms with Crippen LogP contribution in [-0.2, 0) is 41.7 Å². The molecule has 4 atom stereocenters. The number of esters is 1. The van der Waals surface area contributed by atoms with Gasteiger partial charge in [-0.1, -0.05) is 44.2 Å². The number of nitrogens with zero attached hydrogens (tertiary/aromatic N) is 1. The number of hydrogen-bond donors (Lipinski definition) is 1. The lowest BCUT2D eigenvalue weighted by Gasteiger charge is -2.51. The molecule has 3 heterocycles. The van der Waals surface area contributed by atoms with Crippen LogP contribution in [0, 0.1) is 17.3 Å². The van der Waals surface area contributed by atoms with Crippen molar-refractivity contribution >= 4 is 17.8 Å². The second-order valence-corrected chi connectivity index (χ2v) is 11.0. The molecular formula is C31H40N2O7. The first-order chi connectivity index (χ1) is 19.2. The van der Waals surface area contributed by atoms with E-state index in [0.29, 0.717) is 30.5 Å². The molecule has 9 heteroatoms. The molecule has 4 rings (SSSR count). The maximum Gasteiger partial charge on any atom is 0.320 e. The molecule has 0 bridgehead atoms. The first kappa shape index (κ1) is 29.6. The zero-order chi connectivity index (χ0) is 28.7. The van der Waals surface area contributed by atoms with Gasteiger partial charge in [0.2, 0.25) is 11.8 Å². The minimum Gasteiger partial charge on any atom is -0.468 e. The van der Waals surface area contributed by atoms with E-state index in [2.05, 4.69) is 19.2 Å². The highest BCUT2D eigenvalue weighted by Gasteiger charge is 2.59. The third kappa shape index (κ3) is 6.64. The van der Waals surface area contributed by atoms with E-state index < -0.39 is 29.5 Å². The Morgan fingerprint density at radius 3 is 2.62 bits per heavy atom. The predicted octanol–water partition coefficient (Wildman–Crippen LogP) is 4.23. The normalized spacial score (nSPS) is 24.4. The molecule has 1 saturated heterocycles. The second kappa shape index (κ2) is 13.3. The van der Waals surface area contributed by atoms with E-state index in [1.165, 1.54) is 13.4 Å².